The monoisotopic (exact) mass is 197 g/mol. The molecule has 0 amide bonds. The van der Waals surface area contributed by atoms with Crippen LogP contribution in [-0.4, -0.2) is 13.6 Å². The molecule has 0 bridgehead atoms. The molecule has 0 aliphatic carbocycles. The van der Waals surface area contributed by atoms with Crippen molar-refractivity contribution in [3.8, 4) is 0 Å². The molecule has 0 saturated carbocycles. The van der Waals surface area contributed by atoms with Crippen LogP contribution in [0, 0.1) is 5.92 Å². The Morgan fingerprint density at radius 1 is 1.38 bits per heavy atom. The van der Waals surface area contributed by atoms with Gasteiger partial charge in [0.1, 0.15) is 0 Å². The SMILES string of the molecule is CNCC(C)Cc1ccccc1Cl. The first kappa shape index (κ1) is 10.6. The summed E-state index contributed by atoms with van der Waals surface area (Å²) in [6.45, 7) is 3.26. The highest BCUT2D eigenvalue weighted by Crippen LogP contribution is 2.18. The number of hydrogen-bond donors (Lipinski definition) is 1. The molecule has 1 N–H and O–H groups in total. The first-order valence-electron chi connectivity index (χ1n) is 4.62. The lowest BCUT2D eigenvalue weighted by atomic mass is 10.0. The molecule has 0 radical (unpaired) electrons. The summed E-state index contributed by atoms with van der Waals surface area (Å²) in [5, 5.41) is 4.04. The van der Waals surface area contributed by atoms with Gasteiger partial charge in [-0.1, -0.05) is 36.7 Å². The molecule has 72 valence electrons. The highest BCUT2D eigenvalue weighted by atomic mass is 35.5. The Hall–Kier alpha value is -0.530. The Morgan fingerprint density at radius 3 is 2.69 bits per heavy atom. The summed E-state index contributed by atoms with van der Waals surface area (Å²) in [4.78, 5) is 0. The van der Waals surface area contributed by atoms with Crippen LogP contribution in [0.25, 0.3) is 0 Å². The second-order valence-corrected chi connectivity index (χ2v) is 3.87. The summed E-state index contributed by atoms with van der Waals surface area (Å²) in [6, 6.07) is 8.04. The lowest BCUT2D eigenvalue weighted by Crippen LogP contribution is -2.18. The summed E-state index contributed by atoms with van der Waals surface area (Å²) in [5.74, 6) is 0.630. The van der Waals surface area contributed by atoms with Crippen molar-refractivity contribution in [2.24, 2.45) is 5.92 Å². The highest BCUT2D eigenvalue weighted by Gasteiger charge is 2.04. The van der Waals surface area contributed by atoms with Crippen LogP contribution >= 0.6 is 11.6 Å². The van der Waals surface area contributed by atoms with Gasteiger partial charge in [0.05, 0.1) is 0 Å². The number of rotatable bonds is 4. The molecule has 0 spiro atoms. The van der Waals surface area contributed by atoms with Crippen molar-refractivity contribution >= 4 is 11.6 Å². The second kappa shape index (κ2) is 5.25. The van der Waals surface area contributed by atoms with E-state index in [0.29, 0.717) is 5.92 Å². The first-order valence-corrected chi connectivity index (χ1v) is 5.00. The third kappa shape index (κ3) is 3.37. The van der Waals surface area contributed by atoms with E-state index < -0.39 is 0 Å². The standard InChI is InChI=1S/C11H16ClN/c1-9(8-13-2)7-10-5-3-4-6-11(10)12/h3-6,9,13H,7-8H2,1-2H3. The predicted molar refractivity (Wildman–Crippen MR) is 58.2 cm³/mol. The number of halogens is 1. The molecule has 1 unspecified atom stereocenters. The number of hydrogen-bond acceptors (Lipinski definition) is 1. The molecular weight excluding hydrogens is 182 g/mol. The van der Waals surface area contributed by atoms with Crippen LogP contribution in [0.15, 0.2) is 24.3 Å². The van der Waals surface area contributed by atoms with E-state index in [4.69, 9.17) is 11.6 Å². The average molecular weight is 198 g/mol. The van der Waals surface area contributed by atoms with Gasteiger partial charge < -0.3 is 5.32 Å². The van der Waals surface area contributed by atoms with E-state index in [-0.39, 0.29) is 0 Å². The molecule has 0 aromatic heterocycles. The lowest BCUT2D eigenvalue weighted by Gasteiger charge is -2.11. The van der Waals surface area contributed by atoms with Crippen LogP contribution < -0.4 is 5.32 Å². The van der Waals surface area contributed by atoms with Crippen molar-refractivity contribution in [3.05, 3.63) is 34.9 Å². The van der Waals surface area contributed by atoms with Crippen molar-refractivity contribution in [3.63, 3.8) is 0 Å². The summed E-state index contributed by atoms with van der Waals surface area (Å²) in [5.41, 5.74) is 1.24. The highest BCUT2D eigenvalue weighted by molar-refractivity contribution is 6.31. The molecule has 0 heterocycles. The molecule has 1 rings (SSSR count). The van der Waals surface area contributed by atoms with Gasteiger partial charge in [-0.15, -0.1) is 0 Å². The summed E-state index contributed by atoms with van der Waals surface area (Å²) in [7, 11) is 1.98. The minimum absolute atomic E-state index is 0.630. The van der Waals surface area contributed by atoms with E-state index in [1.807, 2.05) is 25.2 Å². The molecule has 0 fully saturated rings. The quantitative estimate of drug-likeness (QED) is 0.783. The maximum atomic E-state index is 6.05. The van der Waals surface area contributed by atoms with E-state index in [0.717, 1.165) is 18.0 Å². The van der Waals surface area contributed by atoms with E-state index in [9.17, 15) is 0 Å². The van der Waals surface area contributed by atoms with Crippen LogP contribution in [0.1, 0.15) is 12.5 Å². The van der Waals surface area contributed by atoms with Crippen molar-refractivity contribution in [2.75, 3.05) is 13.6 Å². The van der Waals surface area contributed by atoms with Gasteiger partial charge in [-0.3, -0.25) is 0 Å². The molecule has 0 saturated heterocycles. The maximum absolute atomic E-state index is 6.05. The molecule has 1 atom stereocenters. The largest absolute Gasteiger partial charge is 0.319 e. The minimum Gasteiger partial charge on any atom is -0.319 e. The zero-order valence-electron chi connectivity index (χ0n) is 8.18. The molecular formula is C11H16ClN. The molecule has 1 nitrogen and oxygen atoms in total. The Morgan fingerprint density at radius 2 is 2.08 bits per heavy atom. The molecule has 2 heteroatoms. The van der Waals surface area contributed by atoms with Crippen LogP contribution in [0.5, 0.6) is 0 Å². The normalized spacial score (nSPS) is 12.8. The predicted octanol–water partition coefficient (Wildman–Crippen LogP) is 2.74. The van der Waals surface area contributed by atoms with E-state index in [1.165, 1.54) is 5.56 Å². The van der Waals surface area contributed by atoms with E-state index in [1.54, 1.807) is 0 Å². The molecule has 1 aromatic carbocycles. The molecule has 13 heavy (non-hydrogen) atoms. The fraction of sp³-hybridized carbons (Fsp3) is 0.455. The second-order valence-electron chi connectivity index (χ2n) is 3.46. The van der Waals surface area contributed by atoms with Gasteiger partial charge in [0.2, 0.25) is 0 Å². The van der Waals surface area contributed by atoms with Gasteiger partial charge in [0, 0.05) is 5.02 Å². The fourth-order valence-electron chi connectivity index (χ4n) is 1.46. The van der Waals surface area contributed by atoms with Crippen molar-refractivity contribution < 1.29 is 0 Å². The van der Waals surface area contributed by atoms with Crippen molar-refractivity contribution in [1.82, 2.24) is 5.32 Å². The minimum atomic E-state index is 0.630. The Labute approximate surface area is 85.1 Å². The van der Waals surface area contributed by atoms with Gasteiger partial charge in [0.15, 0.2) is 0 Å². The van der Waals surface area contributed by atoms with E-state index in [2.05, 4.69) is 18.3 Å². The average Bonchev–Trinajstić information content (AvgIpc) is 2.09. The lowest BCUT2D eigenvalue weighted by molar-refractivity contribution is 0.542. The molecule has 0 aliphatic rings. The summed E-state index contributed by atoms with van der Waals surface area (Å²) >= 11 is 6.05. The number of benzene rings is 1. The Balaban J connectivity index is 2.58. The summed E-state index contributed by atoms with van der Waals surface area (Å²) in [6.07, 6.45) is 1.04. The zero-order chi connectivity index (χ0) is 9.68. The third-order valence-electron chi connectivity index (χ3n) is 2.08. The van der Waals surface area contributed by atoms with Crippen LogP contribution in [0.4, 0.5) is 0 Å². The van der Waals surface area contributed by atoms with Gasteiger partial charge in [0.25, 0.3) is 0 Å². The smallest absolute Gasteiger partial charge is 0.0438 e. The topological polar surface area (TPSA) is 12.0 Å². The Bertz CT molecular complexity index is 260. The van der Waals surface area contributed by atoms with Gasteiger partial charge >= 0.3 is 0 Å². The zero-order valence-corrected chi connectivity index (χ0v) is 8.93. The maximum Gasteiger partial charge on any atom is 0.0438 e. The van der Waals surface area contributed by atoms with Crippen molar-refractivity contribution in [1.29, 1.82) is 0 Å². The van der Waals surface area contributed by atoms with Gasteiger partial charge in [-0.05, 0) is 37.6 Å². The van der Waals surface area contributed by atoms with Crippen LogP contribution in [0.2, 0.25) is 5.02 Å². The summed E-state index contributed by atoms with van der Waals surface area (Å²) < 4.78 is 0. The number of nitrogens with one attached hydrogen (secondary N) is 1. The third-order valence-corrected chi connectivity index (χ3v) is 2.45. The molecule has 1 aromatic rings. The van der Waals surface area contributed by atoms with Crippen molar-refractivity contribution in [2.45, 2.75) is 13.3 Å². The Kier molecular flexibility index (Phi) is 4.26. The first-order chi connectivity index (χ1) is 6.24. The van der Waals surface area contributed by atoms with Crippen LogP contribution in [0.3, 0.4) is 0 Å². The van der Waals surface area contributed by atoms with Gasteiger partial charge in [-0.2, -0.15) is 0 Å². The van der Waals surface area contributed by atoms with E-state index >= 15 is 0 Å². The fourth-order valence-corrected chi connectivity index (χ4v) is 1.67. The van der Waals surface area contributed by atoms with Crippen LogP contribution in [-0.2, 0) is 6.42 Å². The van der Waals surface area contributed by atoms with Gasteiger partial charge in [-0.25, -0.2) is 0 Å². The molecule has 0 aliphatic heterocycles.